The Balaban J connectivity index is 1.60. The summed E-state index contributed by atoms with van der Waals surface area (Å²) < 4.78 is 12.3. The van der Waals surface area contributed by atoms with E-state index >= 15 is 0 Å². The molecule has 1 aliphatic heterocycles. The second-order valence-electron chi connectivity index (χ2n) is 11.5. The van der Waals surface area contributed by atoms with Crippen molar-refractivity contribution >= 4 is 40.7 Å². The molecule has 4 aromatic carbocycles. The van der Waals surface area contributed by atoms with E-state index in [4.69, 9.17) is 48.3 Å². The zero-order valence-corrected chi connectivity index (χ0v) is 28.2. The fourth-order valence-corrected chi connectivity index (χ4v) is 6.01. The summed E-state index contributed by atoms with van der Waals surface area (Å²) in [6.07, 6.45) is -0.314. The molecule has 0 bridgehead atoms. The molecule has 1 heterocycles. The number of hydrogen-bond acceptors (Lipinski definition) is 7. The first-order valence-electron chi connectivity index (χ1n) is 15.4. The molecule has 0 saturated carbocycles. The van der Waals surface area contributed by atoms with Crippen LogP contribution in [0.25, 0.3) is 10.4 Å². The quantitative estimate of drug-likeness (QED) is 0.0616. The molecular weight excluding hydrogens is 651 g/mol. The molecule has 0 unspecified atom stereocenters. The Kier molecular flexibility index (Phi) is 11.5. The Hall–Kier alpha value is -4.73. The van der Waals surface area contributed by atoms with Crippen LogP contribution in [-0.4, -0.2) is 49.8 Å². The molecule has 2 atom stereocenters. The van der Waals surface area contributed by atoms with E-state index in [1.807, 2.05) is 79.7 Å². The number of nitrogens with zero attached hydrogens (tertiary/aromatic N) is 5. The van der Waals surface area contributed by atoms with Crippen LogP contribution in [0.3, 0.4) is 0 Å². The van der Waals surface area contributed by atoms with E-state index < -0.39 is 11.6 Å². The molecule has 1 amide bonds. The number of hydrogen-bond donors (Lipinski definition) is 2. The number of amides is 1. The summed E-state index contributed by atoms with van der Waals surface area (Å²) in [6, 6.07) is 27.7. The minimum absolute atomic E-state index is 0.0366. The van der Waals surface area contributed by atoms with E-state index in [2.05, 4.69) is 15.3 Å². The van der Waals surface area contributed by atoms with Crippen molar-refractivity contribution in [3.63, 3.8) is 0 Å². The third kappa shape index (κ3) is 8.03. The summed E-state index contributed by atoms with van der Waals surface area (Å²) in [5.41, 5.74) is 12.2. The summed E-state index contributed by atoms with van der Waals surface area (Å²) in [5.74, 6) is 0.512. The van der Waals surface area contributed by atoms with Gasteiger partial charge in [0.05, 0.1) is 13.2 Å². The minimum Gasteiger partial charge on any atom is -0.494 e. The number of anilines is 1. The number of ether oxygens (including phenoxy) is 2. The van der Waals surface area contributed by atoms with Crippen LogP contribution in [-0.2, 0) is 29.0 Å². The average molecular weight is 688 g/mol. The monoisotopic (exact) mass is 686 g/mol. The summed E-state index contributed by atoms with van der Waals surface area (Å²) in [7, 11) is 3.94. The fourth-order valence-electron chi connectivity index (χ4n) is 5.50. The Bertz CT molecular complexity index is 1810. The molecule has 4 aromatic rings. The van der Waals surface area contributed by atoms with E-state index in [-0.39, 0.29) is 37.9 Å². The number of aliphatic imine (C=N–C) groups is 1. The summed E-state index contributed by atoms with van der Waals surface area (Å²) >= 11 is 13.1. The summed E-state index contributed by atoms with van der Waals surface area (Å²) in [4.78, 5) is 24.7. The van der Waals surface area contributed by atoms with E-state index in [1.54, 1.807) is 30.3 Å². The molecule has 0 aromatic heterocycles. The molecule has 0 radical (unpaired) electrons. The Labute approximate surface area is 289 Å². The Morgan fingerprint density at radius 1 is 1.06 bits per heavy atom. The average Bonchev–Trinajstić information content (AvgIpc) is 3.47. The van der Waals surface area contributed by atoms with E-state index in [9.17, 15) is 4.79 Å². The van der Waals surface area contributed by atoms with Gasteiger partial charge in [-0.05, 0) is 70.8 Å². The number of aliphatic hydroxyl groups excluding tert-OH is 1. The third-order valence-corrected chi connectivity index (χ3v) is 8.63. The lowest BCUT2D eigenvalue weighted by molar-refractivity contribution is -0.129. The maximum absolute atomic E-state index is 14.7. The number of carbonyl (C=O) groups excluding carboxylic acids is 1. The first-order valence-corrected chi connectivity index (χ1v) is 16.2. The highest BCUT2D eigenvalue weighted by atomic mass is 35.5. The van der Waals surface area contributed by atoms with Crippen molar-refractivity contribution in [3.05, 3.63) is 139 Å². The molecular formula is C36H36Cl2N6O4. The molecule has 0 fully saturated rings. The number of benzene rings is 4. The SMILES string of the molecule is CN(C)c1ccc(CNC(=O)[C@]2(Cc3ccccc3CN=[N+]=[N-])N=C(c3ccc(OCCCO)cc3)O[C@@H]2c2ccc(Cl)cc2Cl)cc1. The van der Waals surface area contributed by atoms with Gasteiger partial charge in [-0.1, -0.05) is 70.8 Å². The summed E-state index contributed by atoms with van der Waals surface area (Å²) in [6.45, 7) is 0.764. The largest absolute Gasteiger partial charge is 0.494 e. The second kappa shape index (κ2) is 15.9. The topological polar surface area (TPSA) is 132 Å². The van der Waals surface area contributed by atoms with Crippen molar-refractivity contribution in [2.24, 2.45) is 10.1 Å². The Morgan fingerprint density at radius 2 is 1.79 bits per heavy atom. The van der Waals surface area contributed by atoms with Crippen LogP contribution in [0.4, 0.5) is 5.69 Å². The minimum atomic E-state index is -1.53. The standard InChI is InChI=1S/C36H36Cl2N6O4/c1-44(2)29-13-8-24(9-14-29)22-40-35(46)36(21-26-6-3-4-7-27(26)23-41-43-39)33(31-17-12-28(37)20-32(31)38)48-34(42-36)25-10-15-30(16-11-25)47-19-5-18-45/h3-4,6-17,20,33,45H,5,18-19,21-23H2,1-2H3,(H,40,46)/t33-,36-/m1/s1. The number of carbonyl (C=O) groups is 1. The van der Waals surface area contributed by atoms with Crippen molar-refractivity contribution in [3.8, 4) is 5.75 Å². The van der Waals surface area contributed by atoms with Crippen LogP contribution in [0.5, 0.6) is 5.75 Å². The van der Waals surface area contributed by atoms with Gasteiger partial charge in [-0.2, -0.15) is 0 Å². The zero-order valence-electron chi connectivity index (χ0n) is 26.6. The number of azide groups is 1. The molecule has 5 rings (SSSR count). The maximum Gasteiger partial charge on any atom is 0.252 e. The van der Waals surface area contributed by atoms with Crippen molar-refractivity contribution in [1.82, 2.24) is 5.32 Å². The second-order valence-corrected chi connectivity index (χ2v) is 12.4. The number of aliphatic hydroxyl groups is 1. The van der Waals surface area contributed by atoms with E-state index in [0.717, 1.165) is 22.4 Å². The van der Waals surface area contributed by atoms with Crippen molar-refractivity contribution in [2.45, 2.75) is 37.6 Å². The van der Waals surface area contributed by atoms with E-state index in [1.165, 1.54) is 0 Å². The van der Waals surface area contributed by atoms with E-state index in [0.29, 0.717) is 39.9 Å². The van der Waals surface area contributed by atoms with Gasteiger partial charge in [0.25, 0.3) is 5.91 Å². The van der Waals surface area contributed by atoms with Crippen LogP contribution in [0.1, 0.15) is 40.3 Å². The van der Waals surface area contributed by atoms with Gasteiger partial charge in [-0.25, -0.2) is 4.99 Å². The van der Waals surface area contributed by atoms with Crippen LogP contribution in [0.2, 0.25) is 10.0 Å². The molecule has 48 heavy (non-hydrogen) atoms. The molecule has 248 valence electrons. The highest BCUT2D eigenvalue weighted by Gasteiger charge is 2.54. The van der Waals surface area contributed by atoms with Gasteiger partial charge in [0.1, 0.15) is 5.75 Å². The van der Waals surface area contributed by atoms with Gasteiger partial charge in [0, 0.05) is 71.9 Å². The van der Waals surface area contributed by atoms with Crippen LogP contribution in [0, 0.1) is 0 Å². The van der Waals surface area contributed by atoms with Crippen molar-refractivity contribution in [1.29, 1.82) is 0 Å². The highest BCUT2D eigenvalue weighted by molar-refractivity contribution is 6.35. The fraction of sp³-hybridized carbons (Fsp3) is 0.278. The molecule has 2 N–H and O–H groups in total. The lowest BCUT2D eigenvalue weighted by Crippen LogP contribution is -2.50. The number of rotatable bonds is 14. The smallest absolute Gasteiger partial charge is 0.252 e. The molecule has 1 aliphatic rings. The maximum atomic E-state index is 14.7. The zero-order chi connectivity index (χ0) is 34.1. The highest BCUT2D eigenvalue weighted by Crippen LogP contribution is 2.45. The Morgan fingerprint density at radius 3 is 2.46 bits per heavy atom. The molecule has 0 spiro atoms. The molecule has 12 heteroatoms. The first kappa shape index (κ1) is 34.6. The van der Waals surface area contributed by atoms with Gasteiger partial charge >= 0.3 is 0 Å². The van der Waals surface area contributed by atoms with Gasteiger partial charge in [-0.15, -0.1) is 0 Å². The normalized spacial score (nSPS) is 16.8. The van der Waals surface area contributed by atoms with Crippen LogP contribution in [0.15, 0.2) is 101 Å². The predicted molar refractivity (Wildman–Crippen MR) is 189 cm³/mol. The first-order chi connectivity index (χ1) is 23.2. The molecule has 0 saturated heterocycles. The predicted octanol–water partition coefficient (Wildman–Crippen LogP) is 7.45. The van der Waals surface area contributed by atoms with Crippen LogP contribution >= 0.6 is 23.2 Å². The van der Waals surface area contributed by atoms with Crippen molar-refractivity contribution in [2.75, 3.05) is 32.2 Å². The summed E-state index contributed by atoms with van der Waals surface area (Å²) in [5, 5.41) is 16.8. The van der Waals surface area contributed by atoms with Crippen LogP contribution < -0.4 is 15.0 Å². The van der Waals surface area contributed by atoms with Gasteiger partial charge in [0.2, 0.25) is 5.90 Å². The number of nitrogens with one attached hydrogen (secondary N) is 1. The number of halogens is 2. The van der Waals surface area contributed by atoms with Gasteiger partial charge in [-0.3, -0.25) is 4.79 Å². The third-order valence-electron chi connectivity index (χ3n) is 8.06. The lowest BCUT2D eigenvalue weighted by atomic mass is 9.80. The molecule has 0 aliphatic carbocycles. The molecule has 10 nitrogen and oxygen atoms in total. The van der Waals surface area contributed by atoms with Gasteiger partial charge < -0.3 is 24.8 Å². The lowest BCUT2D eigenvalue weighted by Gasteiger charge is -2.32. The van der Waals surface area contributed by atoms with Crippen molar-refractivity contribution < 1.29 is 19.4 Å². The van der Waals surface area contributed by atoms with Gasteiger partial charge in [0.15, 0.2) is 11.6 Å².